The highest BCUT2D eigenvalue weighted by atomic mass is 31.2. The number of phosphoric ester groups is 1. The lowest BCUT2D eigenvalue weighted by atomic mass is 10.0. The van der Waals surface area contributed by atoms with Crippen molar-refractivity contribution in [1.29, 1.82) is 0 Å². The normalized spacial score (nSPS) is 14.2. The van der Waals surface area contributed by atoms with Gasteiger partial charge in [-0.3, -0.25) is 13.8 Å². The Morgan fingerprint density at radius 2 is 0.782 bits per heavy atom. The molecule has 0 aromatic carbocycles. The summed E-state index contributed by atoms with van der Waals surface area (Å²) in [7, 11) is 1.56. The van der Waals surface area contributed by atoms with Gasteiger partial charge in [-0.1, -0.05) is 305 Å². The highest BCUT2D eigenvalue weighted by Gasteiger charge is 2.28. The summed E-state index contributed by atoms with van der Waals surface area (Å²) < 4.78 is 23.7. The van der Waals surface area contributed by atoms with Crippen LogP contribution in [0.1, 0.15) is 309 Å². The molecule has 0 aromatic rings. The molecule has 9 heteroatoms. The summed E-state index contributed by atoms with van der Waals surface area (Å²) >= 11 is 0. The van der Waals surface area contributed by atoms with Gasteiger partial charge in [0, 0.05) is 6.42 Å². The zero-order chi connectivity index (χ0) is 57.0. The third-order valence-electron chi connectivity index (χ3n) is 14.9. The zero-order valence-electron chi connectivity index (χ0n) is 52.2. The second kappa shape index (κ2) is 59.6. The van der Waals surface area contributed by atoms with E-state index in [2.05, 4.69) is 79.9 Å². The number of phosphoric acid groups is 1. The molecular formula is C69H130N2O6P+. The molecule has 3 N–H and O–H groups in total. The number of unbranched alkanes of at least 4 members (excludes halogenated alkanes) is 38. The molecule has 3 atom stereocenters. The number of hydrogen-bond acceptors (Lipinski definition) is 5. The van der Waals surface area contributed by atoms with Gasteiger partial charge in [-0.2, -0.15) is 0 Å². The van der Waals surface area contributed by atoms with Crippen molar-refractivity contribution in [2.45, 2.75) is 321 Å². The molecule has 0 aromatic heterocycles. The maximum absolute atomic E-state index is 13.0. The fraction of sp³-hybridized carbons (Fsp3) is 0.812. The van der Waals surface area contributed by atoms with E-state index < -0.39 is 20.0 Å². The van der Waals surface area contributed by atoms with Crippen LogP contribution in [0.25, 0.3) is 0 Å². The largest absolute Gasteiger partial charge is 0.472 e. The molecule has 0 spiro atoms. The van der Waals surface area contributed by atoms with Gasteiger partial charge in [0.1, 0.15) is 13.2 Å². The van der Waals surface area contributed by atoms with Gasteiger partial charge in [-0.15, -0.1) is 0 Å². The Kier molecular flexibility index (Phi) is 58.0. The van der Waals surface area contributed by atoms with E-state index >= 15 is 0 Å². The van der Waals surface area contributed by atoms with Crippen LogP contribution in [0.2, 0.25) is 0 Å². The number of allylic oxidation sites excluding steroid dienone is 11. The molecule has 0 aliphatic heterocycles. The fourth-order valence-corrected chi connectivity index (χ4v) is 10.5. The molecule has 0 saturated carbocycles. The van der Waals surface area contributed by atoms with Crippen LogP contribution in [0, 0.1) is 0 Å². The van der Waals surface area contributed by atoms with E-state index in [4.69, 9.17) is 9.05 Å². The van der Waals surface area contributed by atoms with Crippen molar-refractivity contribution in [3.05, 3.63) is 72.9 Å². The summed E-state index contributed by atoms with van der Waals surface area (Å²) in [5.74, 6) is -0.182. The second-order valence-corrected chi connectivity index (χ2v) is 25.3. The maximum Gasteiger partial charge on any atom is 0.472 e. The Morgan fingerprint density at radius 1 is 0.449 bits per heavy atom. The SMILES string of the molecule is CC/C=C\C/C=C\C/C=C\C/C=C\CCCCCCCCCCCCCCCCCCCCCCCCCCC(=O)NC(COP(=O)(O)OCC[N+](C)(C)C)C(O)/C=C/CC/C=C/CCCCCCCCCCCCCCC. The number of rotatable bonds is 61. The van der Waals surface area contributed by atoms with Crippen LogP contribution < -0.4 is 5.32 Å². The lowest BCUT2D eigenvalue weighted by Crippen LogP contribution is -2.45. The minimum absolute atomic E-state index is 0.0564. The standard InChI is InChI=1S/C69H129N2O6P/c1-6-8-10-12-14-16-18-20-22-24-26-27-28-29-30-31-32-33-34-35-36-37-38-39-40-41-42-43-45-47-49-51-53-55-57-59-61-63-69(73)70-67(66-77-78(74,75)76-65-64-71(3,4)5)68(72)62-60-58-56-54-52-50-48-46-44-25-23-21-19-17-15-13-11-9-7-2/h8,10,14,16,20,22,26-27,52,54,60,62,67-68,72H,6-7,9,11-13,15,17-19,21,23-25,28-51,53,55-59,61,63-66H2,1-5H3,(H-,70,73,74,75)/p+1/b10-8-,16-14-,22-20-,27-26-,54-52+,62-60+. The number of likely N-dealkylation sites (N-methyl/N-ethyl adjacent to an activating group) is 1. The first-order valence-corrected chi connectivity index (χ1v) is 34.8. The van der Waals surface area contributed by atoms with Gasteiger partial charge in [0.15, 0.2) is 0 Å². The third kappa shape index (κ3) is 61.6. The number of carbonyl (C=O) groups is 1. The van der Waals surface area contributed by atoms with Crippen LogP contribution in [-0.4, -0.2) is 73.4 Å². The summed E-state index contributed by atoms with van der Waals surface area (Å²) in [4.78, 5) is 23.4. The van der Waals surface area contributed by atoms with E-state index in [-0.39, 0.29) is 19.1 Å². The Balaban J connectivity index is 4.00. The topological polar surface area (TPSA) is 105 Å². The number of carbonyl (C=O) groups excluding carboxylic acids is 1. The monoisotopic (exact) mass is 1110 g/mol. The summed E-state index contributed by atoms with van der Waals surface area (Å²) in [5, 5.41) is 14.0. The van der Waals surface area contributed by atoms with Crippen LogP contribution in [0.3, 0.4) is 0 Å². The predicted molar refractivity (Wildman–Crippen MR) is 341 cm³/mol. The molecule has 1 amide bonds. The van der Waals surface area contributed by atoms with Gasteiger partial charge in [0.2, 0.25) is 5.91 Å². The van der Waals surface area contributed by atoms with Gasteiger partial charge >= 0.3 is 7.82 Å². The minimum atomic E-state index is -4.36. The van der Waals surface area contributed by atoms with Gasteiger partial charge in [0.05, 0.1) is 39.9 Å². The van der Waals surface area contributed by atoms with E-state index in [0.717, 1.165) is 64.2 Å². The molecule has 0 heterocycles. The first-order chi connectivity index (χ1) is 38.0. The van der Waals surface area contributed by atoms with Crippen molar-refractivity contribution >= 4 is 13.7 Å². The van der Waals surface area contributed by atoms with E-state index in [1.54, 1.807) is 6.08 Å². The average molecular weight is 1110 g/mol. The molecule has 0 aliphatic rings. The van der Waals surface area contributed by atoms with E-state index in [0.29, 0.717) is 17.4 Å². The molecule has 8 nitrogen and oxygen atoms in total. The lowest BCUT2D eigenvalue weighted by Gasteiger charge is -2.25. The number of hydrogen-bond donors (Lipinski definition) is 3. The predicted octanol–water partition coefficient (Wildman–Crippen LogP) is 21.0. The molecule has 0 rings (SSSR count). The quantitative estimate of drug-likeness (QED) is 0.0243. The Bertz CT molecular complexity index is 1500. The summed E-state index contributed by atoms with van der Waals surface area (Å²) in [6.45, 7) is 4.71. The van der Waals surface area contributed by atoms with Crippen LogP contribution >= 0.6 is 7.82 Å². The lowest BCUT2D eigenvalue weighted by molar-refractivity contribution is -0.870. The molecule has 78 heavy (non-hydrogen) atoms. The molecule has 0 radical (unpaired) electrons. The number of amides is 1. The first kappa shape index (κ1) is 75.9. The number of quaternary nitrogens is 1. The molecule has 3 unspecified atom stereocenters. The maximum atomic E-state index is 13.0. The summed E-state index contributed by atoms with van der Waals surface area (Å²) in [5.41, 5.74) is 0. The van der Waals surface area contributed by atoms with Crippen molar-refractivity contribution in [2.75, 3.05) is 40.9 Å². The highest BCUT2D eigenvalue weighted by molar-refractivity contribution is 7.47. The van der Waals surface area contributed by atoms with Crippen molar-refractivity contribution in [3.63, 3.8) is 0 Å². The highest BCUT2D eigenvalue weighted by Crippen LogP contribution is 2.43. The number of nitrogens with zero attached hydrogens (tertiary/aromatic N) is 1. The van der Waals surface area contributed by atoms with Crippen LogP contribution in [0.5, 0.6) is 0 Å². The molecule has 0 fully saturated rings. The van der Waals surface area contributed by atoms with Crippen molar-refractivity contribution < 1.29 is 32.9 Å². The van der Waals surface area contributed by atoms with Crippen LogP contribution in [-0.2, 0) is 18.4 Å². The Labute approximate surface area is 484 Å². The van der Waals surface area contributed by atoms with Crippen molar-refractivity contribution in [2.24, 2.45) is 0 Å². The second-order valence-electron chi connectivity index (χ2n) is 23.8. The van der Waals surface area contributed by atoms with Crippen LogP contribution in [0.4, 0.5) is 0 Å². The molecule has 0 bridgehead atoms. The van der Waals surface area contributed by atoms with E-state index in [1.165, 1.54) is 225 Å². The Morgan fingerprint density at radius 3 is 1.18 bits per heavy atom. The van der Waals surface area contributed by atoms with Gasteiger partial charge in [-0.05, 0) is 70.6 Å². The summed E-state index contributed by atoms with van der Waals surface area (Å²) in [6.07, 6.45) is 83.3. The van der Waals surface area contributed by atoms with Crippen LogP contribution in [0.15, 0.2) is 72.9 Å². The number of nitrogens with one attached hydrogen (secondary N) is 1. The van der Waals surface area contributed by atoms with E-state index in [1.807, 2.05) is 27.2 Å². The number of aliphatic hydroxyl groups excluding tert-OH is 1. The zero-order valence-corrected chi connectivity index (χ0v) is 53.0. The molecule has 0 saturated heterocycles. The van der Waals surface area contributed by atoms with Crippen molar-refractivity contribution in [1.82, 2.24) is 5.32 Å². The van der Waals surface area contributed by atoms with E-state index in [9.17, 15) is 19.4 Å². The number of aliphatic hydroxyl groups is 1. The molecular weight excluding hydrogens is 984 g/mol. The minimum Gasteiger partial charge on any atom is -0.387 e. The summed E-state index contributed by atoms with van der Waals surface area (Å²) in [6, 6.07) is -0.864. The van der Waals surface area contributed by atoms with Gasteiger partial charge in [0.25, 0.3) is 0 Å². The Hall–Kier alpha value is -2.06. The first-order valence-electron chi connectivity index (χ1n) is 33.3. The van der Waals surface area contributed by atoms with Crippen molar-refractivity contribution in [3.8, 4) is 0 Å². The molecule has 456 valence electrons. The molecule has 0 aliphatic carbocycles. The smallest absolute Gasteiger partial charge is 0.387 e. The van der Waals surface area contributed by atoms with Gasteiger partial charge in [-0.25, -0.2) is 4.57 Å². The third-order valence-corrected chi connectivity index (χ3v) is 15.9. The average Bonchev–Trinajstić information content (AvgIpc) is 3.41. The van der Waals surface area contributed by atoms with Gasteiger partial charge < -0.3 is 19.8 Å². The fourth-order valence-electron chi connectivity index (χ4n) is 9.76.